The summed E-state index contributed by atoms with van der Waals surface area (Å²) < 4.78 is 0. The second-order valence-electron chi connectivity index (χ2n) is 1.55. The highest BCUT2D eigenvalue weighted by molar-refractivity contribution is 5.70. The van der Waals surface area contributed by atoms with Gasteiger partial charge in [-0.1, -0.05) is 0 Å². The molecule has 0 amide bonds. The Bertz CT molecular complexity index is 278. The SMILES string of the molecule is [C-]#[N+]C(=CC(C#N)C=[N-])[N+]#[C-]. The fourth-order valence-corrected chi connectivity index (χ4v) is 0.374. The summed E-state index contributed by atoms with van der Waals surface area (Å²) in [6, 6.07) is 1.68. The van der Waals surface area contributed by atoms with Gasteiger partial charge in [-0.25, -0.2) is 0 Å². The third-order valence-corrected chi connectivity index (χ3v) is 0.867. The smallest absolute Gasteiger partial charge is 0.516 e. The predicted octanol–water partition coefficient (Wildman–Crippen LogP) is 1.45. The van der Waals surface area contributed by atoms with Crippen LogP contribution in [0, 0.1) is 30.4 Å². The van der Waals surface area contributed by atoms with Gasteiger partial charge in [-0.3, -0.25) is 0 Å². The van der Waals surface area contributed by atoms with E-state index in [1.165, 1.54) is 0 Å². The van der Waals surface area contributed by atoms with Crippen LogP contribution in [-0.2, 0) is 0 Å². The molecule has 1 atom stereocenters. The van der Waals surface area contributed by atoms with E-state index in [0.29, 0.717) is 6.21 Å². The highest BCUT2D eigenvalue weighted by atomic mass is 14.9. The van der Waals surface area contributed by atoms with E-state index in [-0.39, 0.29) is 5.82 Å². The molecule has 0 N–H and O–H groups in total. The Labute approximate surface area is 64.5 Å². The first-order valence-corrected chi connectivity index (χ1v) is 2.62. The zero-order valence-electron chi connectivity index (χ0n) is 5.52. The van der Waals surface area contributed by atoms with Gasteiger partial charge < -0.3 is 5.41 Å². The van der Waals surface area contributed by atoms with Gasteiger partial charge in [0.2, 0.25) is 0 Å². The lowest BCUT2D eigenvalue weighted by molar-refractivity contribution is 1.17. The first kappa shape index (κ1) is 8.88. The van der Waals surface area contributed by atoms with Gasteiger partial charge in [-0.05, 0) is 0 Å². The van der Waals surface area contributed by atoms with Crippen LogP contribution in [0.1, 0.15) is 0 Å². The molecule has 0 saturated carbocycles. The Balaban J connectivity index is 4.58. The molecule has 0 aliphatic rings. The number of hydrogen-bond donors (Lipinski definition) is 0. The highest BCUT2D eigenvalue weighted by Gasteiger charge is 2.04. The summed E-state index contributed by atoms with van der Waals surface area (Å²) in [7, 11) is 0. The summed E-state index contributed by atoms with van der Waals surface area (Å²) >= 11 is 0. The number of rotatable bonds is 2. The van der Waals surface area contributed by atoms with E-state index in [1.54, 1.807) is 6.07 Å². The second-order valence-corrected chi connectivity index (χ2v) is 1.55. The van der Waals surface area contributed by atoms with Gasteiger partial charge >= 0.3 is 5.82 Å². The monoisotopic (exact) mass is 143 g/mol. The van der Waals surface area contributed by atoms with Crippen molar-refractivity contribution in [3.8, 4) is 6.07 Å². The average Bonchev–Trinajstić information content (AvgIpc) is 2.07. The Morgan fingerprint density at radius 2 is 2.09 bits per heavy atom. The van der Waals surface area contributed by atoms with Crippen molar-refractivity contribution >= 4 is 6.21 Å². The van der Waals surface area contributed by atoms with Crippen molar-refractivity contribution in [3.05, 3.63) is 40.1 Å². The van der Waals surface area contributed by atoms with E-state index < -0.39 is 5.92 Å². The molecule has 0 aromatic carbocycles. The minimum absolute atomic E-state index is 0.207. The zero-order valence-corrected chi connectivity index (χ0v) is 5.52. The average molecular weight is 143 g/mol. The van der Waals surface area contributed by atoms with E-state index in [1.807, 2.05) is 0 Å². The molecule has 11 heavy (non-hydrogen) atoms. The topological polar surface area (TPSA) is 54.8 Å². The lowest BCUT2D eigenvalue weighted by Crippen LogP contribution is -1.91. The van der Waals surface area contributed by atoms with Crippen LogP contribution in [-0.4, -0.2) is 6.21 Å². The van der Waals surface area contributed by atoms with Crippen LogP contribution in [0.3, 0.4) is 0 Å². The van der Waals surface area contributed by atoms with Crippen molar-refractivity contribution in [1.29, 1.82) is 5.26 Å². The molecule has 52 valence electrons. The van der Waals surface area contributed by atoms with Crippen molar-refractivity contribution in [1.82, 2.24) is 0 Å². The third-order valence-electron chi connectivity index (χ3n) is 0.867. The Hall–Kier alpha value is -2.12. The quantitative estimate of drug-likeness (QED) is 0.426. The minimum atomic E-state index is -0.867. The molecule has 0 saturated heterocycles. The van der Waals surface area contributed by atoms with Gasteiger partial charge in [0.1, 0.15) is 13.1 Å². The van der Waals surface area contributed by atoms with Gasteiger partial charge in [0.25, 0.3) is 0 Å². The first-order chi connectivity index (χ1) is 5.28. The van der Waals surface area contributed by atoms with Gasteiger partial charge in [-0.2, -0.15) is 21.2 Å². The van der Waals surface area contributed by atoms with E-state index in [4.69, 9.17) is 23.8 Å². The molecule has 0 aliphatic heterocycles. The largest absolute Gasteiger partial charge is 0.813 e. The molecular weight excluding hydrogens is 140 g/mol. The standard InChI is InChI=1S/C7H3N4/c1-10-7(11-2)3-6(4-8)5-9/h3-4,6H/q-1. The minimum Gasteiger partial charge on any atom is -0.813 e. The maximum absolute atomic E-state index is 8.37. The number of nitriles is 1. The van der Waals surface area contributed by atoms with Crippen molar-refractivity contribution < 1.29 is 0 Å². The Morgan fingerprint density at radius 3 is 2.36 bits per heavy atom. The first-order valence-electron chi connectivity index (χ1n) is 2.62. The van der Waals surface area contributed by atoms with E-state index >= 15 is 0 Å². The van der Waals surface area contributed by atoms with Crippen LogP contribution in [0.4, 0.5) is 0 Å². The molecule has 4 nitrogen and oxygen atoms in total. The fourth-order valence-electron chi connectivity index (χ4n) is 0.374. The van der Waals surface area contributed by atoms with Crippen LogP contribution in [0.2, 0.25) is 0 Å². The van der Waals surface area contributed by atoms with Crippen LogP contribution >= 0.6 is 0 Å². The normalized spacial score (nSPS) is 9.55. The lowest BCUT2D eigenvalue weighted by Gasteiger charge is -1.93. The summed E-state index contributed by atoms with van der Waals surface area (Å²) in [5.41, 5.74) is 0. The van der Waals surface area contributed by atoms with Gasteiger partial charge in [0, 0.05) is 6.08 Å². The molecule has 0 aliphatic carbocycles. The molecule has 0 bridgehead atoms. The van der Waals surface area contributed by atoms with Crippen molar-refractivity contribution in [2.75, 3.05) is 0 Å². The van der Waals surface area contributed by atoms with E-state index in [2.05, 4.69) is 9.69 Å². The molecule has 4 heteroatoms. The number of allylic oxidation sites excluding steroid dienone is 1. The van der Waals surface area contributed by atoms with E-state index in [9.17, 15) is 0 Å². The Morgan fingerprint density at radius 1 is 1.55 bits per heavy atom. The molecule has 0 spiro atoms. The maximum Gasteiger partial charge on any atom is 0.516 e. The lowest BCUT2D eigenvalue weighted by atomic mass is 10.2. The molecule has 0 fully saturated rings. The summed E-state index contributed by atoms with van der Waals surface area (Å²) in [6.45, 7) is 12.9. The highest BCUT2D eigenvalue weighted by Crippen LogP contribution is 2.03. The fraction of sp³-hybridized carbons (Fsp3) is 0.143. The van der Waals surface area contributed by atoms with E-state index in [0.717, 1.165) is 6.08 Å². The van der Waals surface area contributed by atoms with Crippen LogP contribution in [0.15, 0.2) is 11.9 Å². The molecule has 0 radical (unpaired) electrons. The van der Waals surface area contributed by atoms with Gasteiger partial charge in [-0.15, -0.1) is 0 Å². The van der Waals surface area contributed by atoms with Gasteiger partial charge in [0.15, 0.2) is 0 Å². The maximum atomic E-state index is 8.37. The van der Waals surface area contributed by atoms with Crippen LogP contribution in [0.25, 0.3) is 15.1 Å². The summed E-state index contributed by atoms with van der Waals surface area (Å²) in [5, 5.41) is 16.6. The summed E-state index contributed by atoms with van der Waals surface area (Å²) in [6.07, 6.45) is 1.73. The third kappa shape index (κ3) is 2.79. The van der Waals surface area contributed by atoms with Crippen molar-refractivity contribution in [2.24, 2.45) is 5.92 Å². The number of hydrogen-bond acceptors (Lipinski definition) is 1. The van der Waals surface area contributed by atoms with Crippen molar-refractivity contribution in [2.45, 2.75) is 0 Å². The zero-order chi connectivity index (χ0) is 8.69. The predicted molar refractivity (Wildman–Crippen MR) is 39.8 cm³/mol. The molecule has 0 aromatic heterocycles. The van der Waals surface area contributed by atoms with Crippen LogP contribution < -0.4 is 0 Å². The summed E-state index contributed by atoms with van der Waals surface area (Å²) in [5.74, 6) is -1.07. The molecular formula is C7H3N4-. The molecule has 0 heterocycles. The van der Waals surface area contributed by atoms with Gasteiger partial charge in [0.05, 0.1) is 12.0 Å². The molecule has 1 unspecified atom stereocenters. The molecule has 0 aromatic rings. The number of nitrogens with zero attached hydrogens (tertiary/aromatic N) is 4. The molecule has 0 rings (SSSR count). The Kier molecular flexibility index (Phi) is 3.82. The van der Waals surface area contributed by atoms with Crippen molar-refractivity contribution in [3.63, 3.8) is 0 Å². The summed E-state index contributed by atoms with van der Waals surface area (Å²) in [4.78, 5) is 5.63. The van der Waals surface area contributed by atoms with Crippen LogP contribution in [0.5, 0.6) is 0 Å². The second kappa shape index (κ2) is 4.73.